The topological polar surface area (TPSA) is 74.8 Å². The fourth-order valence-electron chi connectivity index (χ4n) is 3.43. The highest BCUT2D eigenvalue weighted by Crippen LogP contribution is 2.25. The first-order valence-corrected chi connectivity index (χ1v) is 9.19. The number of amides is 3. The molecule has 2 aromatic rings. The Morgan fingerprint density at radius 2 is 2.00 bits per heavy atom. The molecule has 146 valence electrons. The van der Waals surface area contributed by atoms with Crippen molar-refractivity contribution in [3.63, 3.8) is 0 Å². The summed E-state index contributed by atoms with van der Waals surface area (Å²) < 4.78 is 18.9. The van der Waals surface area contributed by atoms with Gasteiger partial charge in [-0.05, 0) is 36.2 Å². The molecule has 0 spiro atoms. The molecule has 1 atom stereocenters. The molecule has 0 radical (unpaired) electrons. The number of carbonyl (C=O) groups is 2. The maximum atomic E-state index is 13.5. The Bertz CT molecular complexity index is 914. The van der Waals surface area contributed by atoms with Gasteiger partial charge >= 0.3 is 6.03 Å². The Labute approximate surface area is 162 Å². The van der Waals surface area contributed by atoms with Gasteiger partial charge in [0, 0.05) is 13.1 Å². The van der Waals surface area contributed by atoms with Crippen LogP contribution in [-0.4, -0.2) is 48.1 Å². The van der Waals surface area contributed by atoms with Crippen molar-refractivity contribution in [3.05, 3.63) is 59.0 Å². The van der Waals surface area contributed by atoms with Gasteiger partial charge in [-0.15, -0.1) is 0 Å². The van der Waals surface area contributed by atoms with Crippen molar-refractivity contribution in [2.45, 2.75) is 19.5 Å². The largest absolute Gasteiger partial charge is 0.378 e. The minimum atomic E-state index is -0.811. The fourth-order valence-corrected chi connectivity index (χ4v) is 3.43. The van der Waals surface area contributed by atoms with E-state index in [0.29, 0.717) is 30.0 Å². The molecule has 0 aliphatic carbocycles. The van der Waals surface area contributed by atoms with Crippen LogP contribution in [0.1, 0.15) is 22.9 Å². The summed E-state index contributed by atoms with van der Waals surface area (Å²) in [7, 11) is 0. The molecule has 1 aromatic heterocycles. The normalized spacial score (nSPS) is 19.9. The van der Waals surface area contributed by atoms with Crippen molar-refractivity contribution in [1.29, 1.82) is 0 Å². The number of carbonyl (C=O) groups excluding carboxylic acids is 2. The third-order valence-corrected chi connectivity index (χ3v) is 4.99. The van der Waals surface area contributed by atoms with Crippen molar-refractivity contribution in [2.24, 2.45) is 0 Å². The predicted octanol–water partition coefficient (Wildman–Crippen LogP) is 2.16. The molecule has 4 rings (SSSR count). The standard InChI is InChI=1S/C20H21FN4O3/c1-13-11-14(5-6-16(13)21)18-19(26)25(20(27)23-18)12-15-3-2-4-17(22-15)24-7-9-28-10-8-24/h2-6,11,18H,7-10,12H2,1H3,(H,23,27). The quantitative estimate of drug-likeness (QED) is 0.818. The first-order chi connectivity index (χ1) is 13.5. The molecule has 1 unspecified atom stereocenters. The second-order valence-electron chi connectivity index (χ2n) is 6.90. The highest BCUT2D eigenvalue weighted by atomic mass is 19.1. The molecule has 0 saturated carbocycles. The summed E-state index contributed by atoms with van der Waals surface area (Å²) in [6, 6.07) is 8.69. The van der Waals surface area contributed by atoms with Gasteiger partial charge in [-0.3, -0.25) is 9.69 Å². The number of rotatable bonds is 4. The molecule has 3 amide bonds. The van der Waals surface area contributed by atoms with Gasteiger partial charge in [0.05, 0.1) is 25.5 Å². The van der Waals surface area contributed by atoms with Crippen LogP contribution in [0.4, 0.5) is 15.0 Å². The molecule has 7 nitrogen and oxygen atoms in total. The molecule has 2 aliphatic rings. The third-order valence-electron chi connectivity index (χ3n) is 4.99. The number of aryl methyl sites for hydroxylation is 1. The van der Waals surface area contributed by atoms with Crippen LogP contribution in [0.25, 0.3) is 0 Å². The van der Waals surface area contributed by atoms with Crippen LogP contribution in [0.5, 0.6) is 0 Å². The lowest BCUT2D eigenvalue weighted by Crippen LogP contribution is -2.37. The maximum Gasteiger partial charge on any atom is 0.325 e. The maximum absolute atomic E-state index is 13.5. The Kier molecular flexibility index (Phi) is 4.95. The van der Waals surface area contributed by atoms with Crippen LogP contribution in [0.3, 0.4) is 0 Å². The predicted molar refractivity (Wildman–Crippen MR) is 100 cm³/mol. The van der Waals surface area contributed by atoms with Gasteiger partial charge in [0.1, 0.15) is 17.7 Å². The zero-order chi connectivity index (χ0) is 19.7. The van der Waals surface area contributed by atoms with Gasteiger partial charge in [-0.1, -0.05) is 18.2 Å². The summed E-state index contributed by atoms with van der Waals surface area (Å²) in [6.07, 6.45) is 0. The number of hydrogen-bond donors (Lipinski definition) is 1. The van der Waals surface area contributed by atoms with E-state index < -0.39 is 12.1 Å². The molecule has 2 saturated heterocycles. The average Bonchev–Trinajstić information content (AvgIpc) is 2.99. The van der Waals surface area contributed by atoms with E-state index in [1.54, 1.807) is 19.1 Å². The highest BCUT2D eigenvalue weighted by Gasteiger charge is 2.39. The average molecular weight is 384 g/mol. The number of halogens is 1. The number of nitrogens with one attached hydrogen (secondary N) is 1. The van der Waals surface area contributed by atoms with E-state index in [4.69, 9.17) is 4.74 Å². The fraction of sp³-hybridized carbons (Fsp3) is 0.350. The summed E-state index contributed by atoms with van der Waals surface area (Å²) in [6.45, 7) is 4.52. The molecule has 8 heteroatoms. The van der Waals surface area contributed by atoms with E-state index in [1.807, 2.05) is 12.1 Å². The van der Waals surface area contributed by atoms with E-state index in [2.05, 4.69) is 15.2 Å². The van der Waals surface area contributed by atoms with Crippen molar-refractivity contribution in [1.82, 2.24) is 15.2 Å². The highest BCUT2D eigenvalue weighted by molar-refractivity contribution is 6.04. The summed E-state index contributed by atoms with van der Waals surface area (Å²) in [5.74, 6) is 0.0923. The van der Waals surface area contributed by atoms with Crippen LogP contribution in [0, 0.1) is 12.7 Å². The van der Waals surface area contributed by atoms with E-state index in [0.717, 1.165) is 23.8 Å². The third kappa shape index (κ3) is 3.55. The lowest BCUT2D eigenvalue weighted by atomic mass is 10.0. The molecular weight excluding hydrogens is 363 g/mol. The smallest absolute Gasteiger partial charge is 0.325 e. The number of pyridine rings is 1. The van der Waals surface area contributed by atoms with Gasteiger partial charge in [0.2, 0.25) is 0 Å². The minimum Gasteiger partial charge on any atom is -0.378 e. The molecule has 1 N–H and O–H groups in total. The number of urea groups is 1. The Morgan fingerprint density at radius 1 is 1.21 bits per heavy atom. The monoisotopic (exact) mass is 384 g/mol. The van der Waals surface area contributed by atoms with E-state index in [9.17, 15) is 14.0 Å². The second-order valence-corrected chi connectivity index (χ2v) is 6.90. The number of morpholine rings is 1. The zero-order valence-corrected chi connectivity index (χ0v) is 15.5. The number of benzene rings is 1. The van der Waals surface area contributed by atoms with Gasteiger partial charge in [0.25, 0.3) is 5.91 Å². The Hall–Kier alpha value is -3.00. The van der Waals surface area contributed by atoms with Crippen LogP contribution < -0.4 is 10.2 Å². The first kappa shape index (κ1) is 18.4. The molecule has 2 fully saturated rings. The number of imide groups is 1. The SMILES string of the molecule is Cc1cc(C2NC(=O)N(Cc3cccc(N4CCOCC4)n3)C2=O)ccc1F. The molecule has 2 aliphatic heterocycles. The number of anilines is 1. The Balaban J connectivity index is 1.51. The first-order valence-electron chi connectivity index (χ1n) is 9.19. The van der Waals surface area contributed by atoms with Gasteiger partial charge in [0.15, 0.2) is 0 Å². The number of aromatic nitrogens is 1. The van der Waals surface area contributed by atoms with Crippen molar-refractivity contribution in [3.8, 4) is 0 Å². The van der Waals surface area contributed by atoms with E-state index >= 15 is 0 Å². The summed E-state index contributed by atoms with van der Waals surface area (Å²) in [5, 5.41) is 2.68. The van der Waals surface area contributed by atoms with E-state index in [1.165, 1.54) is 12.1 Å². The van der Waals surface area contributed by atoms with Crippen molar-refractivity contribution in [2.75, 3.05) is 31.2 Å². The number of hydrogen-bond acceptors (Lipinski definition) is 5. The molecule has 3 heterocycles. The summed E-state index contributed by atoms with van der Waals surface area (Å²) in [5.41, 5.74) is 1.62. The molecule has 1 aromatic carbocycles. The van der Waals surface area contributed by atoms with Crippen molar-refractivity contribution < 1.29 is 18.7 Å². The van der Waals surface area contributed by atoms with Crippen LogP contribution in [-0.2, 0) is 16.1 Å². The summed E-state index contributed by atoms with van der Waals surface area (Å²) in [4.78, 5) is 33.0. The lowest BCUT2D eigenvalue weighted by molar-refractivity contribution is -0.128. The second kappa shape index (κ2) is 7.55. The van der Waals surface area contributed by atoms with Gasteiger partial charge in [-0.2, -0.15) is 0 Å². The molecule has 28 heavy (non-hydrogen) atoms. The van der Waals surface area contributed by atoms with Crippen LogP contribution in [0.15, 0.2) is 36.4 Å². The lowest BCUT2D eigenvalue weighted by Gasteiger charge is -2.28. The Morgan fingerprint density at radius 3 is 2.75 bits per heavy atom. The number of ether oxygens (including phenoxy) is 1. The molecular formula is C20H21FN4O3. The minimum absolute atomic E-state index is 0.0829. The summed E-state index contributed by atoms with van der Waals surface area (Å²) >= 11 is 0. The van der Waals surface area contributed by atoms with Crippen molar-refractivity contribution >= 4 is 17.8 Å². The number of nitrogens with zero attached hydrogens (tertiary/aromatic N) is 3. The van der Waals surface area contributed by atoms with Gasteiger partial charge < -0.3 is 15.0 Å². The zero-order valence-electron chi connectivity index (χ0n) is 15.5. The van der Waals surface area contributed by atoms with Gasteiger partial charge in [-0.25, -0.2) is 14.2 Å². The van der Waals surface area contributed by atoms with Crippen LogP contribution >= 0.6 is 0 Å². The molecule has 0 bridgehead atoms. The van der Waals surface area contributed by atoms with E-state index in [-0.39, 0.29) is 18.3 Å². The van der Waals surface area contributed by atoms with Crippen LogP contribution in [0.2, 0.25) is 0 Å².